The highest BCUT2D eigenvalue weighted by Gasteiger charge is 2.27. The number of aryl methyl sites for hydroxylation is 2. The van der Waals surface area contributed by atoms with Crippen molar-refractivity contribution in [2.24, 2.45) is 0 Å². The molecule has 0 saturated carbocycles. The Bertz CT molecular complexity index is 1030. The summed E-state index contributed by atoms with van der Waals surface area (Å²) >= 11 is 3.43. The minimum atomic E-state index is -0.273. The van der Waals surface area contributed by atoms with Crippen LogP contribution >= 0.6 is 15.9 Å². The zero-order chi connectivity index (χ0) is 19.1. The predicted molar refractivity (Wildman–Crippen MR) is 106 cm³/mol. The van der Waals surface area contributed by atoms with Crippen LogP contribution in [0.4, 0.5) is 4.39 Å². The van der Waals surface area contributed by atoms with Gasteiger partial charge >= 0.3 is 0 Å². The van der Waals surface area contributed by atoms with E-state index in [1.807, 2.05) is 38.1 Å². The van der Waals surface area contributed by atoms with Crippen molar-refractivity contribution in [3.63, 3.8) is 0 Å². The number of carbonyl (C=O) groups excluding carboxylic acids is 1. The summed E-state index contributed by atoms with van der Waals surface area (Å²) in [7, 11) is 0. The minimum absolute atomic E-state index is 0.168. The maximum atomic E-state index is 13.6. The second-order valence-corrected chi connectivity index (χ2v) is 7.76. The van der Waals surface area contributed by atoms with Gasteiger partial charge in [0.15, 0.2) is 0 Å². The smallest absolute Gasteiger partial charge is 0.255 e. The van der Waals surface area contributed by atoms with Crippen molar-refractivity contribution in [1.29, 1.82) is 0 Å². The number of nitrogens with one attached hydrogen (secondary N) is 1. The number of hydrogen-bond donors (Lipinski definition) is 1. The summed E-state index contributed by atoms with van der Waals surface area (Å²) in [6, 6.07) is 12.4. The van der Waals surface area contributed by atoms with Crippen molar-refractivity contribution in [2.75, 3.05) is 0 Å². The molecule has 27 heavy (non-hydrogen) atoms. The van der Waals surface area contributed by atoms with Gasteiger partial charge in [0.25, 0.3) is 5.91 Å². The van der Waals surface area contributed by atoms with E-state index >= 15 is 0 Å². The second-order valence-electron chi connectivity index (χ2n) is 6.84. The number of halogens is 2. The SMILES string of the molecule is Cc1nn(-c2ccc(Br)cc2)c(C)c1C(=O)NC1CCc2ccc(F)cc21. The molecule has 1 N–H and O–H groups in total. The minimum Gasteiger partial charge on any atom is -0.345 e. The summed E-state index contributed by atoms with van der Waals surface area (Å²) in [5.41, 5.74) is 4.89. The lowest BCUT2D eigenvalue weighted by Crippen LogP contribution is -2.28. The highest BCUT2D eigenvalue weighted by Crippen LogP contribution is 2.32. The highest BCUT2D eigenvalue weighted by atomic mass is 79.9. The average Bonchev–Trinajstić information content (AvgIpc) is 3.16. The molecule has 4 nitrogen and oxygen atoms in total. The molecule has 1 atom stereocenters. The third-order valence-electron chi connectivity index (χ3n) is 5.08. The Morgan fingerprint density at radius 1 is 1.22 bits per heavy atom. The van der Waals surface area contributed by atoms with Gasteiger partial charge in [0.2, 0.25) is 0 Å². The van der Waals surface area contributed by atoms with E-state index in [9.17, 15) is 9.18 Å². The molecule has 0 radical (unpaired) electrons. The van der Waals surface area contributed by atoms with Gasteiger partial charge in [-0.1, -0.05) is 22.0 Å². The molecule has 0 fully saturated rings. The third kappa shape index (κ3) is 3.30. The number of amides is 1. The van der Waals surface area contributed by atoms with Gasteiger partial charge in [-0.25, -0.2) is 9.07 Å². The first-order valence-electron chi connectivity index (χ1n) is 8.85. The second kappa shape index (κ2) is 6.93. The van der Waals surface area contributed by atoms with E-state index in [1.165, 1.54) is 12.1 Å². The molecule has 1 amide bonds. The number of benzene rings is 2. The number of aromatic nitrogens is 2. The zero-order valence-corrected chi connectivity index (χ0v) is 16.7. The zero-order valence-electron chi connectivity index (χ0n) is 15.1. The van der Waals surface area contributed by atoms with E-state index in [4.69, 9.17) is 0 Å². The molecular weight excluding hydrogens is 409 g/mol. The Hall–Kier alpha value is -2.47. The number of rotatable bonds is 3. The molecule has 138 valence electrons. The van der Waals surface area contributed by atoms with Crippen LogP contribution in [0.15, 0.2) is 46.9 Å². The summed E-state index contributed by atoms with van der Waals surface area (Å²) in [5.74, 6) is -0.444. The monoisotopic (exact) mass is 427 g/mol. The van der Waals surface area contributed by atoms with Crippen LogP contribution in [0.25, 0.3) is 5.69 Å². The normalized spacial score (nSPS) is 15.6. The first kappa shape index (κ1) is 17.9. The Labute approximate surface area is 165 Å². The summed E-state index contributed by atoms with van der Waals surface area (Å²) in [6.45, 7) is 3.72. The van der Waals surface area contributed by atoms with Crippen LogP contribution in [-0.2, 0) is 6.42 Å². The van der Waals surface area contributed by atoms with Crippen molar-refractivity contribution in [1.82, 2.24) is 15.1 Å². The van der Waals surface area contributed by atoms with Crippen LogP contribution in [-0.4, -0.2) is 15.7 Å². The fourth-order valence-electron chi connectivity index (χ4n) is 3.76. The van der Waals surface area contributed by atoms with Gasteiger partial charge in [0, 0.05) is 4.47 Å². The van der Waals surface area contributed by atoms with Crippen LogP contribution in [0.1, 0.15) is 45.3 Å². The van der Waals surface area contributed by atoms with Crippen LogP contribution in [0.2, 0.25) is 0 Å². The van der Waals surface area contributed by atoms with Gasteiger partial charge in [-0.05, 0) is 74.2 Å². The highest BCUT2D eigenvalue weighted by molar-refractivity contribution is 9.10. The molecular formula is C21H19BrFN3O. The lowest BCUT2D eigenvalue weighted by atomic mass is 10.1. The van der Waals surface area contributed by atoms with Gasteiger partial charge in [-0.2, -0.15) is 5.10 Å². The van der Waals surface area contributed by atoms with Crippen molar-refractivity contribution in [2.45, 2.75) is 32.7 Å². The van der Waals surface area contributed by atoms with E-state index < -0.39 is 0 Å². The molecule has 1 aliphatic carbocycles. The summed E-state index contributed by atoms with van der Waals surface area (Å²) in [4.78, 5) is 13.0. The first-order valence-corrected chi connectivity index (χ1v) is 9.64. The summed E-state index contributed by atoms with van der Waals surface area (Å²) in [5, 5.41) is 7.61. The molecule has 1 heterocycles. The molecule has 0 aliphatic heterocycles. The molecule has 2 aromatic carbocycles. The molecule has 6 heteroatoms. The van der Waals surface area contributed by atoms with Gasteiger partial charge < -0.3 is 5.32 Å². The third-order valence-corrected chi connectivity index (χ3v) is 5.61. The van der Waals surface area contributed by atoms with Crippen LogP contribution in [0.3, 0.4) is 0 Å². The molecule has 0 saturated heterocycles. The molecule has 0 bridgehead atoms. The molecule has 1 aromatic heterocycles. The standard InChI is InChI=1S/C21H19BrFN3O/c1-12-20(13(2)26(25-12)17-8-5-15(22)6-9-17)21(27)24-19-10-4-14-3-7-16(23)11-18(14)19/h3,5-9,11,19H,4,10H2,1-2H3,(H,24,27). The van der Waals surface area contributed by atoms with E-state index in [0.29, 0.717) is 11.3 Å². The number of carbonyl (C=O) groups is 1. The fourth-order valence-corrected chi connectivity index (χ4v) is 4.02. The summed E-state index contributed by atoms with van der Waals surface area (Å²) < 4.78 is 16.4. The Balaban J connectivity index is 1.62. The maximum absolute atomic E-state index is 13.6. The van der Waals surface area contributed by atoms with Gasteiger partial charge in [0.05, 0.1) is 28.7 Å². The Morgan fingerprint density at radius 3 is 2.70 bits per heavy atom. The maximum Gasteiger partial charge on any atom is 0.255 e. The molecule has 4 rings (SSSR count). The number of nitrogens with zero attached hydrogens (tertiary/aromatic N) is 2. The van der Waals surface area contributed by atoms with Gasteiger partial charge in [-0.15, -0.1) is 0 Å². The van der Waals surface area contributed by atoms with Crippen LogP contribution < -0.4 is 5.32 Å². The van der Waals surface area contributed by atoms with E-state index in [2.05, 4.69) is 26.3 Å². The summed E-state index contributed by atoms with van der Waals surface area (Å²) in [6.07, 6.45) is 1.63. The number of fused-ring (bicyclic) bond motifs is 1. The predicted octanol–water partition coefficient (Wildman–Crippen LogP) is 4.81. The molecule has 3 aromatic rings. The number of hydrogen-bond acceptors (Lipinski definition) is 2. The van der Waals surface area contributed by atoms with E-state index in [1.54, 1.807) is 10.7 Å². The van der Waals surface area contributed by atoms with E-state index in [0.717, 1.165) is 39.8 Å². The molecule has 1 aliphatic rings. The van der Waals surface area contributed by atoms with Crippen molar-refractivity contribution in [3.05, 3.63) is 80.8 Å². The van der Waals surface area contributed by atoms with Crippen molar-refractivity contribution in [3.8, 4) is 5.69 Å². The van der Waals surface area contributed by atoms with Crippen LogP contribution in [0, 0.1) is 19.7 Å². The molecule has 1 unspecified atom stereocenters. The lowest BCUT2D eigenvalue weighted by molar-refractivity contribution is 0.0935. The molecule has 0 spiro atoms. The van der Waals surface area contributed by atoms with Gasteiger partial charge in [-0.3, -0.25) is 4.79 Å². The van der Waals surface area contributed by atoms with Crippen LogP contribution in [0.5, 0.6) is 0 Å². The van der Waals surface area contributed by atoms with Gasteiger partial charge in [0.1, 0.15) is 5.82 Å². The lowest BCUT2D eigenvalue weighted by Gasteiger charge is -2.14. The van der Waals surface area contributed by atoms with E-state index in [-0.39, 0.29) is 17.8 Å². The Morgan fingerprint density at radius 2 is 1.96 bits per heavy atom. The topological polar surface area (TPSA) is 46.9 Å². The van der Waals surface area contributed by atoms with Crippen molar-refractivity contribution < 1.29 is 9.18 Å². The quantitative estimate of drug-likeness (QED) is 0.651. The van der Waals surface area contributed by atoms with Crippen molar-refractivity contribution >= 4 is 21.8 Å². The Kier molecular flexibility index (Phi) is 4.60. The first-order chi connectivity index (χ1) is 12.9. The largest absolute Gasteiger partial charge is 0.345 e. The average molecular weight is 428 g/mol. The fraction of sp³-hybridized carbons (Fsp3) is 0.238.